The van der Waals surface area contributed by atoms with Gasteiger partial charge in [-0.3, -0.25) is 9.59 Å². The van der Waals surface area contributed by atoms with Crippen LogP contribution < -0.4 is 9.47 Å². The maximum Gasteiger partial charge on any atom is 0.325 e. The van der Waals surface area contributed by atoms with Gasteiger partial charge in [0.15, 0.2) is 26.8 Å². The Morgan fingerprint density at radius 2 is 1.59 bits per heavy atom. The van der Waals surface area contributed by atoms with Gasteiger partial charge in [0.25, 0.3) is 0 Å². The third kappa shape index (κ3) is 3.40. The molecule has 32 heavy (non-hydrogen) atoms. The van der Waals surface area contributed by atoms with E-state index in [4.69, 9.17) is 30.5 Å². The number of sulfone groups is 1. The van der Waals surface area contributed by atoms with Crippen LogP contribution in [0, 0.1) is 5.41 Å². The van der Waals surface area contributed by atoms with Crippen molar-refractivity contribution in [2.24, 2.45) is 5.41 Å². The van der Waals surface area contributed by atoms with Crippen LogP contribution in [0.25, 0.3) is 0 Å². The van der Waals surface area contributed by atoms with Crippen molar-refractivity contribution < 1.29 is 37.0 Å². The number of hydrogen-bond acceptors (Lipinski definition) is 8. The summed E-state index contributed by atoms with van der Waals surface area (Å²) >= 11 is 5.91. The van der Waals surface area contributed by atoms with Gasteiger partial charge in [-0.1, -0.05) is 17.7 Å². The number of rotatable bonds is 7. The maximum absolute atomic E-state index is 13.6. The van der Waals surface area contributed by atoms with Gasteiger partial charge >= 0.3 is 11.9 Å². The fourth-order valence-electron chi connectivity index (χ4n) is 4.17. The van der Waals surface area contributed by atoms with Gasteiger partial charge in [-0.15, -0.1) is 0 Å². The number of carbonyl (C=O) groups is 2. The Labute approximate surface area is 190 Å². The second-order valence-electron chi connectivity index (χ2n) is 7.32. The molecule has 2 atom stereocenters. The highest BCUT2D eigenvalue weighted by molar-refractivity contribution is 7.92. The summed E-state index contributed by atoms with van der Waals surface area (Å²) in [6, 6.07) is 10.4. The second-order valence-corrected chi connectivity index (χ2v) is 9.83. The largest absolute Gasteiger partial charge is 0.465 e. The summed E-state index contributed by atoms with van der Waals surface area (Å²) in [4.78, 5) is 26.2. The minimum atomic E-state index is -4.16. The number of halogens is 1. The van der Waals surface area contributed by atoms with Crippen molar-refractivity contribution >= 4 is 33.4 Å². The second kappa shape index (κ2) is 8.29. The zero-order valence-corrected chi connectivity index (χ0v) is 18.9. The summed E-state index contributed by atoms with van der Waals surface area (Å²) in [5.41, 5.74) is -1.61. The van der Waals surface area contributed by atoms with Gasteiger partial charge in [0.05, 0.1) is 18.1 Å². The minimum Gasteiger partial charge on any atom is -0.465 e. The summed E-state index contributed by atoms with van der Waals surface area (Å²) < 4.78 is 48.4. The molecule has 1 heterocycles. The van der Waals surface area contributed by atoms with Crippen LogP contribution >= 0.6 is 11.6 Å². The molecule has 0 amide bonds. The van der Waals surface area contributed by atoms with E-state index in [0.29, 0.717) is 22.1 Å². The standard InChI is InChI=1S/C22H21ClO8S/c1-3-28-20(24)22(21(25)29-4-2)18(13-5-10-16-17(11-13)31-12-30-16)19(22)32(26,27)15-8-6-14(23)7-9-15/h5-11,18-19H,3-4,12H2,1-2H3. The SMILES string of the molecule is CCOC(=O)C1(C(=O)OCC)C(c2ccc3c(c2)OCO3)C1S(=O)(=O)c1ccc(Cl)cc1. The van der Waals surface area contributed by atoms with Crippen LogP contribution in [0.5, 0.6) is 11.5 Å². The fraction of sp³-hybridized carbons (Fsp3) is 0.364. The fourth-order valence-corrected chi connectivity index (χ4v) is 6.58. The first-order valence-corrected chi connectivity index (χ1v) is 11.9. The summed E-state index contributed by atoms with van der Waals surface area (Å²) in [7, 11) is -4.16. The molecule has 10 heteroatoms. The molecule has 170 valence electrons. The Kier molecular flexibility index (Phi) is 5.81. The first-order valence-electron chi connectivity index (χ1n) is 10.0. The van der Waals surface area contributed by atoms with Crippen molar-refractivity contribution in [2.45, 2.75) is 29.9 Å². The number of hydrogen-bond donors (Lipinski definition) is 0. The van der Waals surface area contributed by atoms with E-state index in [1.807, 2.05) is 0 Å². The van der Waals surface area contributed by atoms with Crippen LogP contribution in [0.3, 0.4) is 0 Å². The molecule has 0 N–H and O–H groups in total. The Morgan fingerprint density at radius 3 is 2.19 bits per heavy atom. The average Bonchev–Trinajstić information content (AvgIpc) is 3.29. The number of fused-ring (bicyclic) bond motifs is 1. The van der Waals surface area contributed by atoms with Crippen molar-refractivity contribution in [2.75, 3.05) is 20.0 Å². The lowest BCUT2D eigenvalue weighted by Crippen LogP contribution is -2.35. The molecule has 2 aliphatic rings. The minimum absolute atomic E-state index is 0.0247. The van der Waals surface area contributed by atoms with Gasteiger partial charge in [-0.05, 0) is 55.8 Å². The van der Waals surface area contributed by atoms with Crippen LogP contribution in [0.4, 0.5) is 0 Å². The summed E-state index contributed by atoms with van der Waals surface area (Å²) in [5, 5.41) is -1.07. The van der Waals surface area contributed by atoms with Gasteiger partial charge in [0.1, 0.15) is 5.25 Å². The molecule has 2 aromatic rings. The lowest BCUT2D eigenvalue weighted by molar-refractivity contribution is -0.164. The molecule has 4 rings (SSSR count). The van der Waals surface area contributed by atoms with E-state index >= 15 is 0 Å². The third-order valence-corrected chi connectivity index (χ3v) is 8.09. The molecule has 8 nitrogen and oxygen atoms in total. The van der Waals surface area contributed by atoms with E-state index in [-0.39, 0.29) is 24.9 Å². The molecule has 0 bridgehead atoms. The molecule has 0 spiro atoms. The lowest BCUT2D eigenvalue weighted by atomic mass is 9.98. The first kappa shape index (κ1) is 22.4. The van der Waals surface area contributed by atoms with Crippen LogP contribution in [0.1, 0.15) is 25.3 Å². The van der Waals surface area contributed by atoms with Crippen molar-refractivity contribution in [3.8, 4) is 11.5 Å². The summed E-state index contributed by atoms with van der Waals surface area (Å²) in [6.07, 6.45) is 0. The Morgan fingerprint density at radius 1 is 1.00 bits per heavy atom. The highest BCUT2D eigenvalue weighted by atomic mass is 35.5. The Bertz CT molecular complexity index is 1140. The van der Waals surface area contributed by atoms with Gasteiger partial charge < -0.3 is 18.9 Å². The van der Waals surface area contributed by atoms with Gasteiger partial charge in [0.2, 0.25) is 6.79 Å². The van der Waals surface area contributed by atoms with E-state index in [2.05, 4.69) is 0 Å². The zero-order chi connectivity index (χ0) is 23.1. The number of ether oxygens (including phenoxy) is 4. The van der Waals surface area contributed by atoms with Gasteiger partial charge in [-0.25, -0.2) is 8.42 Å². The molecule has 0 radical (unpaired) electrons. The topological polar surface area (TPSA) is 105 Å². The monoisotopic (exact) mass is 480 g/mol. The normalized spacial score (nSPS) is 20.5. The van der Waals surface area contributed by atoms with Crippen LogP contribution in [0.2, 0.25) is 5.02 Å². The molecule has 1 aliphatic heterocycles. The first-order chi connectivity index (χ1) is 15.3. The van der Waals surface area contributed by atoms with Crippen molar-refractivity contribution in [3.05, 3.63) is 53.1 Å². The van der Waals surface area contributed by atoms with Crippen molar-refractivity contribution in [1.82, 2.24) is 0 Å². The molecule has 0 aromatic heterocycles. The molecular formula is C22H21ClO8S. The van der Waals surface area contributed by atoms with Crippen LogP contribution in [-0.4, -0.2) is 45.6 Å². The predicted molar refractivity (Wildman–Crippen MR) is 113 cm³/mol. The van der Waals surface area contributed by atoms with Crippen molar-refractivity contribution in [1.29, 1.82) is 0 Å². The Balaban J connectivity index is 1.88. The smallest absolute Gasteiger partial charge is 0.325 e. The van der Waals surface area contributed by atoms with Crippen LogP contribution in [0.15, 0.2) is 47.4 Å². The summed E-state index contributed by atoms with van der Waals surface area (Å²) in [5.74, 6) is -2.02. The molecule has 1 saturated carbocycles. The lowest BCUT2D eigenvalue weighted by Gasteiger charge is -2.15. The predicted octanol–water partition coefficient (Wildman–Crippen LogP) is 3.12. The van der Waals surface area contributed by atoms with E-state index in [9.17, 15) is 18.0 Å². The number of carbonyl (C=O) groups excluding carboxylic acids is 2. The van der Waals surface area contributed by atoms with E-state index in [1.54, 1.807) is 32.0 Å². The van der Waals surface area contributed by atoms with Gasteiger partial charge in [-0.2, -0.15) is 0 Å². The van der Waals surface area contributed by atoms with Gasteiger partial charge in [0, 0.05) is 10.9 Å². The van der Waals surface area contributed by atoms with E-state index in [1.165, 1.54) is 24.3 Å². The molecule has 0 saturated heterocycles. The Hall–Kier alpha value is -2.78. The quantitative estimate of drug-likeness (QED) is 0.439. The summed E-state index contributed by atoms with van der Waals surface area (Å²) in [6.45, 7) is 3.13. The number of benzene rings is 2. The molecule has 1 fully saturated rings. The molecular weight excluding hydrogens is 460 g/mol. The zero-order valence-electron chi connectivity index (χ0n) is 17.4. The average molecular weight is 481 g/mol. The molecule has 2 aromatic carbocycles. The molecule has 2 unspecified atom stereocenters. The highest BCUT2D eigenvalue weighted by Crippen LogP contribution is 2.66. The highest BCUT2D eigenvalue weighted by Gasteiger charge is 2.82. The third-order valence-electron chi connectivity index (χ3n) is 5.59. The number of esters is 2. The maximum atomic E-state index is 13.6. The van der Waals surface area contributed by atoms with E-state index in [0.717, 1.165) is 0 Å². The molecule has 1 aliphatic carbocycles. The van der Waals surface area contributed by atoms with Crippen LogP contribution in [-0.2, 0) is 28.9 Å². The van der Waals surface area contributed by atoms with E-state index < -0.39 is 38.4 Å². The van der Waals surface area contributed by atoms with Crippen molar-refractivity contribution in [3.63, 3.8) is 0 Å².